The van der Waals surface area contributed by atoms with E-state index in [2.05, 4.69) is 27.7 Å². The SMILES string of the molecule is CCCCCCCCCCOP(=O)([O-])OCCCCCCCCCC.CCCCCCCCCCOP(=O)([O-])OCCCCCCCCCC.[Zn+2]. The molecule has 0 unspecified atom stereocenters. The molecule has 0 aromatic carbocycles. The van der Waals surface area contributed by atoms with Crippen molar-refractivity contribution in [3.05, 3.63) is 0 Å². The fourth-order valence-electron chi connectivity index (χ4n) is 5.72. The number of hydrogen-bond acceptors (Lipinski definition) is 8. The van der Waals surface area contributed by atoms with Crippen LogP contribution in [0.15, 0.2) is 0 Å². The van der Waals surface area contributed by atoms with Crippen LogP contribution < -0.4 is 9.79 Å². The van der Waals surface area contributed by atoms with Crippen LogP contribution in [0, 0.1) is 0 Å². The second-order valence-electron chi connectivity index (χ2n) is 14.1. The average Bonchev–Trinajstić information content (AvgIpc) is 3.09. The van der Waals surface area contributed by atoms with Gasteiger partial charge in [0.05, 0.1) is 26.4 Å². The number of unbranched alkanes of at least 4 members (excludes halogenated alkanes) is 28. The molecule has 8 nitrogen and oxygen atoms in total. The van der Waals surface area contributed by atoms with Gasteiger partial charge in [0, 0.05) is 0 Å². The van der Waals surface area contributed by atoms with Crippen LogP contribution in [-0.2, 0) is 46.7 Å². The third kappa shape index (κ3) is 50.8. The molecule has 0 saturated heterocycles. The molecule has 11 heteroatoms. The van der Waals surface area contributed by atoms with Crippen LogP contribution in [0.5, 0.6) is 0 Å². The van der Waals surface area contributed by atoms with Crippen molar-refractivity contribution in [3.63, 3.8) is 0 Å². The molecule has 0 N–H and O–H groups in total. The van der Waals surface area contributed by atoms with Gasteiger partial charge in [-0.2, -0.15) is 0 Å². The molecule has 0 aliphatic carbocycles. The van der Waals surface area contributed by atoms with Gasteiger partial charge in [0.25, 0.3) is 15.6 Å². The summed E-state index contributed by atoms with van der Waals surface area (Å²) in [5, 5.41) is 0. The summed E-state index contributed by atoms with van der Waals surface area (Å²) in [6.45, 7) is 9.90. The molecule has 0 aromatic heterocycles. The van der Waals surface area contributed by atoms with E-state index >= 15 is 0 Å². The van der Waals surface area contributed by atoms with E-state index in [4.69, 9.17) is 18.1 Å². The Hall–Kier alpha value is 0.843. The standard InChI is InChI=1S/2C20H43O4P.Zn/c2*1-3-5-7-9-11-13-15-17-19-23-25(21,22)24-20-18-16-14-12-10-8-6-4-2;/h2*3-20H2,1-2H3,(H,21,22);/q;;+2/p-2. The first-order valence-electron chi connectivity index (χ1n) is 21.4. The molecule has 0 heterocycles. The maximum Gasteiger partial charge on any atom is 2.00 e. The van der Waals surface area contributed by atoms with Crippen molar-refractivity contribution in [3.8, 4) is 0 Å². The van der Waals surface area contributed by atoms with E-state index in [-0.39, 0.29) is 45.9 Å². The van der Waals surface area contributed by atoms with Crippen LogP contribution >= 0.6 is 15.6 Å². The quantitative estimate of drug-likeness (QED) is 0.0341. The first-order valence-corrected chi connectivity index (χ1v) is 24.4. The van der Waals surface area contributed by atoms with Gasteiger partial charge in [0.15, 0.2) is 0 Å². The molecule has 0 spiro atoms. The second-order valence-corrected chi connectivity index (χ2v) is 16.9. The van der Waals surface area contributed by atoms with E-state index in [0.29, 0.717) is 0 Å². The minimum atomic E-state index is -4.08. The van der Waals surface area contributed by atoms with Crippen molar-refractivity contribution in [2.45, 2.75) is 233 Å². The predicted octanol–water partition coefficient (Wildman–Crippen LogP) is 13.5. The Kier molecular flexibility index (Phi) is 49.8. The molecule has 51 heavy (non-hydrogen) atoms. The van der Waals surface area contributed by atoms with E-state index in [1.165, 1.54) is 128 Å². The zero-order valence-corrected chi connectivity index (χ0v) is 39.1. The first kappa shape index (κ1) is 56.2. The van der Waals surface area contributed by atoms with Crippen LogP contribution in [0.1, 0.15) is 233 Å². The molecule has 0 atom stereocenters. The summed E-state index contributed by atoms with van der Waals surface area (Å²) < 4.78 is 43.0. The minimum absolute atomic E-state index is 0. The fraction of sp³-hybridized carbons (Fsp3) is 1.00. The van der Waals surface area contributed by atoms with Gasteiger partial charge < -0.3 is 27.9 Å². The normalized spacial score (nSPS) is 11.7. The Morgan fingerprint density at radius 1 is 0.294 bits per heavy atom. The van der Waals surface area contributed by atoms with E-state index < -0.39 is 15.6 Å². The topological polar surface area (TPSA) is 117 Å². The summed E-state index contributed by atoms with van der Waals surface area (Å²) in [6.07, 6.45) is 37.7. The second kappa shape index (κ2) is 45.2. The predicted molar refractivity (Wildman–Crippen MR) is 209 cm³/mol. The molecule has 0 radical (unpaired) electrons. The zero-order chi connectivity index (χ0) is 37.3. The Morgan fingerprint density at radius 2 is 0.431 bits per heavy atom. The maximum atomic E-state index is 11.6. The van der Waals surface area contributed by atoms with Crippen LogP contribution in [0.4, 0.5) is 0 Å². The summed E-state index contributed by atoms with van der Waals surface area (Å²) in [6, 6.07) is 0. The molecule has 0 fully saturated rings. The Labute approximate surface area is 330 Å². The molecule has 0 aliphatic rings. The van der Waals surface area contributed by atoms with E-state index in [1.54, 1.807) is 0 Å². The molecule has 0 aromatic rings. The molecule has 304 valence electrons. The third-order valence-electron chi connectivity index (χ3n) is 8.99. The van der Waals surface area contributed by atoms with Crippen molar-refractivity contribution < 1.29 is 56.5 Å². The fourth-order valence-corrected chi connectivity index (χ4v) is 7.28. The summed E-state index contributed by atoms with van der Waals surface area (Å²) in [7, 11) is -8.17. The molecular weight excluding hydrogens is 736 g/mol. The van der Waals surface area contributed by atoms with Gasteiger partial charge in [-0.15, -0.1) is 0 Å². The average molecular weight is 820 g/mol. The largest absolute Gasteiger partial charge is 2.00 e. The van der Waals surface area contributed by atoms with Crippen LogP contribution in [0.25, 0.3) is 0 Å². The molecule has 0 rings (SSSR count). The molecule has 0 bridgehead atoms. The summed E-state index contributed by atoms with van der Waals surface area (Å²) in [5.41, 5.74) is 0. The van der Waals surface area contributed by atoms with E-state index in [9.17, 15) is 18.9 Å². The van der Waals surface area contributed by atoms with Crippen molar-refractivity contribution in [2.24, 2.45) is 0 Å². The zero-order valence-electron chi connectivity index (χ0n) is 34.3. The maximum absolute atomic E-state index is 11.6. The van der Waals surface area contributed by atoms with Crippen molar-refractivity contribution in [1.29, 1.82) is 0 Å². The Morgan fingerprint density at radius 3 is 0.588 bits per heavy atom. The third-order valence-corrected chi connectivity index (χ3v) is 11.0. The summed E-state index contributed by atoms with van der Waals surface area (Å²) in [5.74, 6) is 0. The van der Waals surface area contributed by atoms with Gasteiger partial charge >= 0.3 is 19.5 Å². The minimum Gasteiger partial charge on any atom is -0.756 e. The monoisotopic (exact) mass is 818 g/mol. The molecule has 0 aliphatic heterocycles. The first-order chi connectivity index (χ1) is 24.2. The van der Waals surface area contributed by atoms with Crippen molar-refractivity contribution >= 4 is 15.6 Å². The van der Waals surface area contributed by atoms with Gasteiger partial charge in [-0.25, -0.2) is 0 Å². The van der Waals surface area contributed by atoms with Gasteiger partial charge in [-0.1, -0.05) is 207 Å². The Balaban J connectivity index is -0.000000886. The van der Waals surface area contributed by atoms with Crippen LogP contribution in [-0.4, -0.2) is 26.4 Å². The summed E-state index contributed by atoms with van der Waals surface area (Å²) in [4.78, 5) is 23.3. The van der Waals surface area contributed by atoms with Crippen molar-refractivity contribution in [1.82, 2.24) is 0 Å². The number of hydrogen-bond donors (Lipinski definition) is 0. The van der Waals surface area contributed by atoms with Gasteiger partial charge in [0.1, 0.15) is 0 Å². The van der Waals surface area contributed by atoms with Crippen LogP contribution in [0.2, 0.25) is 0 Å². The van der Waals surface area contributed by atoms with Crippen LogP contribution in [0.3, 0.4) is 0 Å². The molecular formula is C40H84O8P2Zn. The van der Waals surface area contributed by atoms with E-state index in [1.807, 2.05) is 0 Å². The number of phosphoric acid groups is 2. The Bertz CT molecular complexity index is 635. The molecule has 0 saturated carbocycles. The van der Waals surface area contributed by atoms with Gasteiger partial charge in [-0.3, -0.25) is 9.13 Å². The smallest absolute Gasteiger partial charge is 0.756 e. The van der Waals surface area contributed by atoms with E-state index in [0.717, 1.165) is 77.0 Å². The summed E-state index contributed by atoms with van der Waals surface area (Å²) >= 11 is 0. The van der Waals surface area contributed by atoms with Crippen molar-refractivity contribution in [2.75, 3.05) is 26.4 Å². The number of phosphoric ester groups is 2. The van der Waals surface area contributed by atoms with Gasteiger partial charge in [-0.05, 0) is 25.7 Å². The van der Waals surface area contributed by atoms with Gasteiger partial charge in [0.2, 0.25) is 0 Å². The molecule has 0 amide bonds. The number of rotatable bonds is 40.